The van der Waals surface area contributed by atoms with Crippen molar-refractivity contribution in [2.45, 2.75) is 26.5 Å². The standard InChI is InChI=1S/C15H20N2O/c1-11(2)15(18)10-17-9-13-8-16-7-12-5-3-4-6-14(12)13/h3-8,11,15,17-18H,9-10H2,1-2H3. The molecule has 2 rings (SSSR count). The van der Waals surface area contributed by atoms with Crippen LogP contribution < -0.4 is 5.32 Å². The Labute approximate surface area is 108 Å². The Bertz CT molecular complexity index is 505. The summed E-state index contributed by atoms with van der Waals surface area (Å²) in [6.07, 6.45) is 3.46. The molecule has 0 amide bonds. The van der Waals surface area contributed by atoms with Gasteiger partial charge in [0.2, 0.25) is 0 Å². The van der Waals surface area contributed by atoms with Crippen LogP contribution in [-0.2, 0) is 6.54 Å². The molecule has 2 N–H and O–H groups in total. The van der Waals surface area contributed by atoms with Gasteiger partial charge in [0.25, 0.3) is 0 Å². The maximum absolute atomic E-state index is 9.74. The molecule has 2 aromatic rings. The normalized spacial score (nSPS) is 13.1. The molecule has 3 nitrogen and oxygen atoms in total. The number of pyridine rings is 1. The van der Waals surface area contributed by atoms with Crippen LogP contribution in [0.2, 0.25) is 0 Å². The van der Waals surface area contributed by atoms with Crippen molar-refractivity contribution in [1.82, 2.24) is 10.3 Å². The predicted octanol–water partition coefficient (Wildman–Crippen LogP) is 2.34. The maximum Gasteiger partial charge on any atom is 0.0687 e. The molecule has 1 aromatic carbocycles. The van der Waals surface area contributed by atoms with Gasteiger partial charge >= 0.3 is 0 Å². The highest BCUT2D eigenvalue weighted by Gasteiger charge is 2.08. The summed E-state index contributed by atoms with van der Waals surface area (Å²) in [6, 6.07) is 8.22. The van der Waals surface area contributed by atoms with Crippen molar-refractivity contribution in [2.75, 3.05) is 6.54 Å². The summed E-state index contributed by atoms with van der Waals surface area (Å²) in [5.41, 5.74) is 1.17. The zero-order valence-electron chi connectivity index (χ0n) is 10.9. The molecule has 0 saturated heterocycles. The van der Waals surface area contributed by atoms with E-state index in [1.54, 1.807) is 0 Å². The summed E-state index contributed by atoms with van der Waals surface area (Å²) in [5, 5.41) is 15.4. The third-order valence-corrected chi connectivity index (χ3v) is 3.19. The van der Waals surface area contributed by atoms with E-state index >= 15 is 0 Å². The molecular formula is C15H20N2O. The van der Waals surface area contributed by atoms with E-state index in [-0.39, 0.29) is 12.0 Å². The van der Waals surface area contributed by atoms with Gasteiger partial charge < -0.3 is 10.4 Å². The minimum atomic E-state index is -0.298. The van der Waals surface area contributed by atoms with Gasteiger partial charge in [-0.15, -0.1) is 0 Å². The van der Waals surface area contributed by atoms with Crippen LogP contribution in [0.1, 0.15) is 19.4 Å². The Morgan fingerprint density at radius 2 is 2.00 bits per heavy atom. The van der Waals surface area contributed by atoms with E-state index in [0.717, 1.165) is 11.9 Å². The summed E-state index contributed by atoms with van der Waals surface area (Å²) in [5.74, 6) is 0.281. The average molecular weight is 244 g/mol. The van der Waals surface area contributed by atoms with Gasteiger partial charge in [0.1, 0.15) is 0 Å². The lowest BCUT2D eigenvalue weighted by Gasteiger charge is -2.15. The maximum atomic E-state index is 9.74. The van der Waals surface area contributed by atoms with E-state index in [2.05, 4.69) is 22.4 Å². The van der Waals surface area contributed by atoms with Crippen LogP contribution in [0.5, 0.6) is 0 Å². The molecule has 1 heterocycles. The van der Waals surface area contributed by atoms with Gasteiger partial charge in [-0.1, -0.05) is 38.1 Å². The van der Waals surface area contributed by atoms with Crippen LogP contribution in [0.25, 0.3) is 10.8 Å². The Balaban J connectivity index is 2.04. The highest BCUT2D eigenvalue weighted by molar-refractivity contribution is 5.84. The number of hydrogen-bond acceptors (Lipinski definition) is 3. The van der Waals surface area contributed by atoms with Crippen LogP contribution >= 0.6 is 0 Å². The number of aliphatic hydroxyl groups is 1. The van der Waals surface area contributed by atoms with E-state index < -0.39 is 0 Å². The van der Waals surface area contributed by atoms with Crippen LogP contribution in [0, 0.1) is 5.92 Å². The second-order valence-electron chi connectivity index (χ2n) is 4.96. The molecule has 0 aliphatic heterocycles. The highest BCUT2D eigenvalue weighted by atomic mass is 16.3. The van der Waals surface area contributed by atoms with Crippen molar-refractivity contribution in [3.8, 4) is 0 Å². The Kier molecular flexibility index (Phi) is 4.28. The fraction of sp³-hybridized carbons (Fsp3) is 0.400. The number of benzene rings is 1. The fourth-order valence-corrected chi connectivity index (χ4v) is 1.91. The smallest absolute Gasteiger partial charge is 0.0687 e. The molecule has 0 fully saturated rings. The minimum absolute atomic E-state index is 0.281. The van der Waals surface area contributed by atoms with E-state index in [1.165, 1.54) is 10.9 Å². The molecule has 0 radical (unpaired) electrons. The van der Waals surface area contributed by atoms with Gasteiger partial charge in [-0.25, -0.2) is 0 Å². The SMILES string of the molecule is CC(C)C(O)CNCc1cncc2ccccc12. The van der Waals surface area contributed by atoms with E-state index in [1.807, 2.05) is 38.4 Å². The zero-order valence-corrected chi connectivity index (χ0v) is 10.9. The lowest BCUT2D eigenvalue weighted by Crippen LogP contribution is -2.30. The third kappa shape index (κ3) is 3.06. The first-order valence-electron chi connectivity index (χ1n) is 6.39. The minimum Gasteiger partial charge on any atom is -0.392 e. The summed E-state index contributed by atoms with van der Waals surface area (Å²) < 4.78 is 0. The number of aliphatic hydroxyl groups excluding tert-OH is 1. The van der Waals surface area contributed by atoms with Crippen molar-refractivity contribution < 1.29 is 5.11 Å². The van der Waals surface area contributed by atoms with Gasteiger partial charge in [-0.2, -0.15) is 0 Å². The lowest BCUT2D eigenvalue weighted by atomic mass is 10.1. The van der Waals surface area contributed by atoms with Crippen molar-refractivity contribution >= 4 is 10.8 Å². The molecule has 1 aromatic heterocycles. The molecule has 0 spiro atoms. The van der Waals surface area contributed by atoms with Gasteiger partial charge in [0, 0.05) is 30.9 Å². The number of hydrogen-bond donors (Lipinski definition) is 2. The highest BCUT2D eigenvalue weighted by Crippen LogP contribution is 2.16. The van der Waals surface area contributed by atoms with Crippen LogP contribution in [0.4, 0.5) is 0 Å². The molecular weight excluding hydrogens is 224 g/mol. The Hall–Kier alpha value is -1.45. The Morgan fingerprint density at radius 3 is 2.78 bits per heavy atom. The van der Waals surface area contributed by atoms with E-state index in [0.29, 0.717) is 6.54 Å². The topological polar surface area (TPSA) is 45.1 Å². The van der Waals surface area contributed by atoms with Crippen LogP contribution in [-0.4, -0.2) is 22.7 Å². The van der Waals surface area contributed by atoms with Gasteiger partial charge in [0.15, 0.2) is 0 Å². The molecule has 0 aliphatic carbocycles. The van der Waals surface area contributed by atoms with E-state index in [9.17, 15) is 5.11 Å². The first-order chi connectivity index (χ1) is 8.68. The summed E-state index contributed by atoms with van der Waals surface area (Å²) in [6.45, 7) is 5.39. The van der Waals surface area contributed by atoms with Gasteiger partial charge in [-0.3, -0.25) is 4.98 Å². The molecule has 1 atom stereocenters. The van der Waals surface area contributed by atoms with Crippen LogP contribution in [0.15, 0.2) is 36.7 Å². The average Bonchev–Trinajstić information content (AvgIpc) is 2.38. The van der Waals surface area contributed by atoms with Crippen molar-refractivity contribution in [1.29, 1.82) is 0 Å². The molecule has 3 heteroatoms. The lowest BCUT2D eigenvalue weighted by molar-refractivity contribution is 0.123. The fourth-order valence-electron chi connectivity index (χ4n) is 1.91. The summed E-state index contributed by atoms with van der Waals surface area (Å²) in [7, 11) is 0. The second kappa shape index (κ2) is 5.94. The summed E-state index contributed by atoms with van der Waals surface area (Å²) in [4.78, 5) is 4.24. The number of aromatic nitrogens is 1. The number of fused-ring (bicyclic) bond motifs is 1. The molecule has 96 valence electrons. The van der Waals surface area contributed by atoms with E-state index in [4.69, 9.17) is 0 Å². The monoisotopic (exact) mass is 244 g/mol. The molecule has 0 bridgehead atoms. The number of nitrogens with zero attached hydrogens (tertiary/aromatic N) is 1. The summed E-state index contributed by atoms with van der Waals surface area (Å²) >= 11 is 0. The van der Waals surface area contributed by atoms with Crippen molar-refractivity contribution in [3.63, 3.8) is 0 Å². The number of rotatable bonds is 5. The van der Waals surface area contributed by atoms with Gasteiger partial charge in [-0.05, 0) is 16.9 Å². The van der Waals surface area contributed by atoms with Crippen LogP contribution in [0.3, 0.4) is 0 Å². The second-order valence-corrected chi connectivity index (χ2v) is 4.96. The van der Waals surface area contributed by atoms with Crippen molar-refractivity contribution in [3.05, 3.63) is 42.2 Å². The van der Waals surface area contributed by atoms with Gasteiger partial charge in [0.05, 0.1) is 6.10 Å². The van der Waals surface area contributed by atoms with Crippen molar-refractivity contribution in [2.24, 2.45) is 5.92 Å². The quantitative estimate of drug-likeness (QED) is 0.848. The largest absolute Gasteiger partial charge is 0.392 e. The Morgan fingerprint density at radius 1 is 1.22 bits per heavy atom. The molecule has 18 heavy (non-hydrogen) atoms. The molecule has 1 unspecified atom stereocenters. The number of nitrogens with one attached hydrogen (secondary N) is 1. The molecule has 0 saturated carbocycles. The zero-order chi connectivity index (χ0) is 13.0. The first kappa shape index (κ1) is 13.0. The predicted molar refractivity (Wildman–Crippen MR) is 74.3 cm³/mol. The third-order valence-electron chi connectivity index (χ3n) is 3.19. The molecule has 0 aliphatic rings. The first-order valence-corrected chi connectivity index (χ1v) is 6.39.